The zero-order valence-corrected chi connectivity index (χ0v) is 16.1. The highest BCUT2D eigenvalue weighted by Crippen LogP contribution is 2.32. The van der Waals surface area contributed by atoms with E-state index < -0.39 is 0 Å². The van der Waals surface area contributed by atoms with Gasteiger partial charge in [0.15, 0.2) is 0 Å². The molecule has 0 aromatic carbocycles. The van der Waals surface area contributed by atoms with E-state index in [1.165, 1.54) is 28.9 Å². The molecule has 1 fully saturated rings. The first-order chi connectivity index (χ1) is 13.8. The van der Waals surface area contributed by atoms with E-state index >= 15 is 0 Å². The van der Waals surface area contributed by atoms with Crippen LogP contribution in [0.15, 0.2) is 66.1 Å². The minimum atomic E-state index is 0.259. The Kier molecular flexibility index (Phi) is 4.53. The molecule has 28 heavy (non-hydrogen) atoms. The Balaban J connectivity index is 1.35. The van der Waals surface area contributed by atoms with Gasteiger partial charge in [0, 0.05) is 42.4 Å². The number of aromatic nitrogens is 2. The number of pyridine rings is 2. The molecule has 0 saturated carbocycles. The predicted molar refractivity (Wildman–Crippen MR) is 112 cm³/mol. The number of nitrogens with one attached hydrogen (secondary N) is 1. The quantitative estimate of drug-likeness (QED) is 0.895. The predicted octanol–water partition coefficient (Wildman–Crippen LogP) is 3.66. The molecule has 5 heteroatoms. The van der Waals surface area contributed by atoms with Crippen LogP contribution in [-0.4, -0.2) is 39.3 Å². The van der Waals surface area contributed by atoms with E-state index in [-0.39, 0.29) is 6.04 Å². The second-order valence-electron chi connectivity index (χ2n) is 7.77. The summed E-state index contributed by atoms with van der Waals surface area (Å²) in [5.74, 6) is 1.07. The van der Waals surface area contributed by atoms with Gasteiger partial charge in [-0.25, -0.2) is 0 Å². The van der Waals surface area contributed by atoms with Gasteiger partial charge in [0.2, 0.25) is 0 Å². The topological polar surface area (TPSA) is 53.4 Å². The Morgan fingerprint density at radius 1 is 1.11 bits per heavy atom. The number of amidine groups is 1. The van der Waals surface area contributed by atoms with Crippen molar-refractivity contribution < 1.29 is 0 Å². The first-order valence-corrected chi connectivity index (χ1v) is 10.1. The standard InChI is InChI=1S/C23H25N5/c1-16-5-4-12-25-23(16)19-7-2-6-18(26-19)20-15-28-21(8-3-9-22(28)27-20)17-10-13-24-14-11-17/h3-5,8-14,18-20,26H,2,6-7,15H2,1H3/t18-,19+,20?/m1/s1. The van der Waals surface area contributed by atoms with E-state index in [2.05, 4.69) is 63.5 Å². The van der Waals surface area contributed by atoms with E-state index in [0.29, 0.717) is 12.1 Å². The number of hydrogen-bond donors (Lipinski definition) is 1. The van der Waals surface area contributed by atoms with E-state index in [1.807, 2.05) is 24.7 Å². The van der Waals surface area contributed by atoms with Crippen LogP contribution in [0.2, 0.25) is 0 Å². The van der Waals surface area contributed by atoms with E-state index in [4.69, 9.17) is 4.99 Å². The van der Waals surface area contributed by atoms with Crippen molar-refractivity contribution in [3.8, 4) is 0 Å². The van der Waals surface area contributed by atoms with Crippen molar-refractivity contribution >= 4 is 11.5 Å². The zero-order valence-electron chi connectivity index (χ0n) is 16.1. The summed E-state index contributed by atoms with van der Waals surface area (Å²) in [6, 6.07) is 9.26. The summed E-state index contributed by atoms with van der Waals surface area (Å²) >= 11 is 0. The van der Waals surface area contributed by atoms with Crippen molar-refractivity contribution in [2.24, 2.45) is 4.99 Å². The Labute approximate surface area is 165 Å². The van der Waals surface area contributed by atoms with E-state index in [1.54, 1.807) is 0 Å². The van der Waals surface area contributed by atoms with Crippen LogP contribution in [0, 0.1) is 6.92 Å². The van der Waals surface area contributed by atoms with E-state index in [9.17, 15) is 0 Å². The van der Waals surface area contributed by atoms with Crippen LogP contribution in [0.4, 0.5) is 0 Å². The molecule has 0 bridgehead atoms. The largest absolute Gasteiger partial charge is 0.324 e. The second-order valence-corrected chi connectivity index (χ2v) is 7.77. The molecule has 0 aliphatic carbocycles. The van der Waals surface area contributed by atoms with Gasteiger partial charge < -0.3 is 10.2 Å². The lowest BCUT2D eigenvalue weighted by molar-refractivity contribution is 0.282. The van der Waals surface area contributed by atoms with Crippen LogP contribution < -0.4 is 5.32 Å². The number of aliphatic imine (C=N–C) groups is 1. The van der Waals surface area contributed by atoms with Crippen LogP contribution in [0.3, 0.4) is 0 Å². The number of piperidine rings is 1. The van der Waals surface area contributed by atoms with Gasteiger partial charge >= 0.3 is 0 Å². The van der Waals surface area contributed by atoms with Gasteiger partial charge in [-0.15, -0.1) is 0 Å². The van der Waals surface area contributed by atoms with Crippen molar-refractivity contribution in [2.45, 2.75) is 44.3 Å². The molecular formula is C23H25N5. The maximum absolute atomic E-state index is 5.08. The summed E-state index contributed by atoms with van der Waals surface area (Å²) in [5.41, 5.74) is 4.85. The monoisotopic (exact) mass is 371 g/mol. The lowest BCUT2D eigenvalue weighted by atomic mass is 9.91. The summed E-state index contributed by atoms with van der Waals surface area (Å²) in [6.45, 7) is 3.07. The third kappa shape index (κ3) is 3.16. The Hall–Kier alpha value is -2.79. The zero-order chi connectivity index (χ0) is 18.9. The number of allylic oxidation sites excluding steroid dienone is 2. The Bertz CT molecular complexity index is 946. The fourth-order valence-electron chi connectivity index (χ4n) is 4.57. The lowest BCUT2D eigenvalue weighted by Crippen LogP contribution is -2.46. The smallest absolute Gasteiger partial charge is 0.128 e. The van der Waals surface area contributed by atoms with Crippen molar-refractivity contribution in [2.75, 3.05) is 6.54 Å². The van der Waals surface area contributed by atoms with Gasteiger partial charge in [0.1, 0.15) is 5.84 Å². The summed E-state index contributed by atoms with van der Waals surface area (Å²) < 4.78 is 0. The minimum Gasteiger partial charge on any atom is -0.324 e. The first-order valence-electron chi connectivity index (χ1n) is 10.1. The Morgan fingerprint density at radius 3 is 2.86 bits per heavy atom. The van der Waals surface area contributed by atoms with Gasteiger partial charge in [-0.2, -0.15) is 0 Å². The first kappa shape index (κ1) is 17.3. The van der Waals surface area contributed by atoms with Crippen molar-refractivity contribution in [3.63, 3.8) is 0 Å². The Morgan fingerprint density at radius 2 is 2.00 bits per heavy atom. The molecule has 3 aliphatic rings. The molecular weight excluding hydrogens is 346 g/mol. The number of nitrogens with zero attached hydrogens (tertiary/aromatic N) is 4. The van der Waals surface area contributed by atoms with Crippen LogP contribution in [0.25, 0.3) is 5.70 Å². The fraction of sp³-hybridized carbons (Fsp3) is 0.348. The average molecular weight is 371 g/mol. The van der Waals surface area contributed by atoms with Crippen LogP contribution >= 0.6 is 0 Å². The number of rotatable bonds is 3. The van der Waals surface area contributed by atoms with Gasteiger partial charge in [-0.3, -0.25) is 15.0 Å². The average Bonchev–Trinajstić information content (AvgIpc) is 3.19. The summed E-state index contributed by atoms with van der Waals surface area (Å²) in [7, 11) is 0. The number of aryl methyl sites for hydroxylation is 1. The molecule has 5 heterocycles. The number of hydrogen-bond acceptors (Lipinski definition) is 5. The van der Waals surface area contributed by atoms with Crippen LogP contribution in [0.1, 0.15) is 42.1 Å². The highest BCUT2D eigenvalue weighted by atomic mass is 15.3. The van der Waals surface area contributed by atoms with Gasteiger partial charge in [-0.05, 0) is 62.1 Å². The third-order valence-electron chi connectivity index (χ3n) is 5.98. The van der Waals surface area contributed by atoms with Gasteiger partial charge in [0.05, 0.1) is 17.8 Å². The molecule has 0 radical (unpaired) electrons. The molecule has 1 N–H and O–H groups in total. The summed E-state index contributed by atoms with van der Waals surface area (Å²) in [4.78, 5) is 16.2. The molecule has 1 saturated heterocycles. The third-order valence-corrected chi connectivity index (χ3v) is 5.98. The van der Waals surface area contributed by atoms with Crippen LogP contribution in [0.5, 0.6) is 0 Å². The molecule has 2 aromatic heterocycles. The molecule has 5 rings (SSSR count). The van der Waals surface area contributed by atoms with Crippen molar-refractivity contribution in [1.82, 2.24) is 20.2 Å². The fourth-order valence-corrected chi connectivity index (χ4v) is 4.57. The van der Waals surface area contributed by atoms with Crippen molar-refractivity contribution in [3.05, 3.63) is 77.9 Å². The van der Waals surface area contributed by atoms with Crippen molar-refractivity contribution in [1.29, 1.82) is 0 Å². The number of fused-ring (bicyclic) bond motifs is 1. The SMILES string of the molecule is Cc1cccnc1[C@@H]1CCC[C@H](C2CN3C(c4ccncc4)=CC=CC3=N2)N1. The van der Waals surface area contributed by atoms with Gasteiger partial charge in [0.25, 0.3) is 0 Å². The lowest BCUT2D eigenvalue weighted by Gasteiger charge is -2.34. The minimum absolute atomic E-state index is 0.259. The highest BCUT2D eigenvalue weighted by molar-refractivity contribution is 6.02. The molecule has 0 amide bonds. The normalized spacial score (nSPS) is 26.6. The van der Waals surface area contributed by atoms with Crippen LogP contribution in [-0.2, 0) is 0 Å². The molecule has 1 unspecified atom stereocenters. The molecule has 3 atom stereocenters. The summed E-state index contributed by atoms with van der Waals surface area (Å²) in [5, 5.41) is 3.87. The molecule has 142 valence electrons. The van der Waals surface area contributed by atoms with E-state index in [0.717, 1.165) is 25.2 Å². The highest BCUT2D eigenvalue weighted by Gasteiger charge is 2.36. The van der Waals surface area contributed by atoms with Gasteiger partial charge in [-0.1, -0.05) is 12.1 Å². The summed E-state index contributed by atoms with van der Waals surface area (Å²) in [6.07, 6.45) is 15.5. The maximum Gasteiger partial charge on any atom is 0.128 e. The molecule has 2 aromatic rings. The second kappa shape index (κ2) is 7.32. The maximum atomic E-state index is 5.08. The molecule has 0 spiro atoms. The molecule has 3 aliphatic heterocycles. The molecule has 5 nitrogen and oxygen atoms in total.